The number of hydrogen-bond donors (Lipinski definition) is 2. The number of hydrogen-bond acceptors (Lipinski definition) is 4. The summed E-state index contributed by atoms with van der Waals surface area (Å²) in [4.78, 5) is -0.152. The highest BCUT2D eigenvalue weighted by Crippen LogP contribution is 2.28. The summed E-state index contributed by atoms with van der Waals surface area (Å²) in [7, 11) is -2.43. The van der Waals surface area contributed by atoms with Gasteiger partial charge in [0, 0.05) is 7.05 Å². The largest absolute Gasteiger partial charge is 0.381 e. The number of benzene rings is 1. The number of anilines is 2. The van der Waals surface area contributed by atoms with Gasteiger partial charge in [-0.1, -0.05) is 11.6 Å². The molecule has 2 aromatic rings. The molecule has 108 valence electrons. The second kappa shape index (κ2) is 4.95. The number of rotatable bonds is 3. The molecule has 1 heterocycles. The lowest BCUT2D eigenvalue weighted by Gasteiger charge is -2.09. The Morgan fingerprint density at radius 1 is 1.45 bits per heavy atom. The number of halogens is 2. The zero-order valence-corrected chi connectivity index (χ0v) is 12.3. The van der Waals surface area contributed by atoms with Crippen LogP contribution in [-0.2, 0) is 17.1 Å². The molecule has 0 bridgehead atoms. The number of nitrogens with zero attached hydrogens (tertiary/aromatic N) is 2. The molecule has 6 nitrogen and oxygen atoms in total. The summed E-state index contributed by atoms with van der Waals surface area (Å²) in [6, 6.07) is 3.37. The van der Waals surface area contributed by atoms with Crippen molar-refractivity contribution in [3.05, 3.63) is 34.7 Å². The van der Waals surface area contributed by atoms with Crippen molar-refractivity contribution in [1.29, 1.82) is 0 Å². The summed E-state index contributed by atoms with van der Waals surface area (Å²) in [5.74, 6) is -0.743. The molecular formula is C11H12ClFN4O2S. The number of aryl methyl sites for hydroxylation is 1. The molecule has 0 amide bonds. The maximum atomic E-state index is 13.2. The standard InChI is InChI=1S/C11H12ClFN4O2S/c1-6-10(11(14)15-17(6)2)20(18,19)16-9-5-7(13)3-4-8(9)12/h3-5,16H,1-2H3,(H2,14,15). The maximum Gasteiger partial charge on any atom is 0.267 e. The average molecular weight is 319 g/mol. The predicted molar refractivity (Wildman–Crippen MR) is 74.6 cm³/mol. The fraction of sp³-hybridized carbons (Fsp3) is 0.182. The third kappa shape index (κ3) is 2.56. The van der Waals surface area contributed by atoms with Crippen LogP contribution in [-0.4, -0.2) is 18.2 Å². The molecule has 0 aliphatic rings. The van der Waals surface area contributed by atoms with Gasteiger partial charge in [-0.05, 0) is 25.1 Å². The van der Waals surface area contributed by atoms with Crippen LogP contribution in [0.2, 0.25) is 5.02 Å². The van der Waals surface area contributed by atoms with Crippen LogP contribution in [0.5, 0.6) is 0 Å². The predicted octanol–water partition coefficient (Wildman–Crippen LogP) is 1.90. The molecule has 0 aliphatic carbocycles. The van der Waals surface area contributed by atoms with Crippen molar-refractivity contribution in [3.8, 4) is 0 Å². The lowest BCUT2D eigenvalue weighted by Crippen LogP contribution is -2.15. The lowest BCUT2D eigenvalue weighted by atomic mass is 10.3. The maximum absolute atomic E-state index is 13.2. The Morgan fingerprint density at radius 2 is 2.10 bits per heavy atom. The number of sulfonamides is 1. The molecule has 1 aromatic carbocycles. The van der Waals surface area contributed by atoms with Gasteiger partial charge in [0.25, 0.3) is 10.0 Å². The molecule has 1 aromatic heterocycles. The van der Waals surface area contributed by atoms with Gasteiger partial charge in [0.15, 0.2) is 10.7 Å². The monoisotopic (exact) mass is 318 g/mol. The molecule has 0 saturated carbocycles. The minimum absolute atomic E-state index is 0.0608. The Kier molecular flexibility index (Phi) is 3.61. The van der Waals surface area contributed by atoms with Crippen LogP contribution in [0, 0.1) is 12.7 Å². The Balaban J connectivity index is 2.49. The molecule has 9 heteroatoms. The first-order valence-electron chi connectivity index (χ1n) is 5.49. The highest BCUT2D eigenvalue weighted by molar-refractivity contribution is 7.93. The quantitative estimate of drug-likeness (QED) is 0.904. The van der Waals surface area contributed by atoms with Gasteiger partial charge in [-0.25, -0.2) is 12.8 Å². The molecule has 0 unspecified atom stereocenters. The summed E-state index contributed by atoms with van der Waals surface area (Å²) < 4.78 is 41.3. The van der Waals surface area contributed by atoms with E-state index in [0.29, 0.717) is 5.69 Å². The Morgan fingerprint density at radius 3 is 2.65 bits per heavy atom. The first kappa shape index (κ1) is 14.6. The van der Waals surface area contributed by atoms with Crippen molar-refractivity contribution >= 4 is 33.1 Å². The molecule has 0 fully saturated rings. The van der Waals surface area contributed by atoms with E-state index >= 15 is 0 Å². The van der Waals surface area contributed by atoms with E-state index in [4.69, 9.17) is 17.3 Å². The second-order valence-electron chi connectivity index (χ2n) is 4.15. The Hall–Kier alpha value is -1.80. The molecule has 0 atom stereocenters. The Bertz CT molecular complexity index is 773. The number of nitrogens with one attached hydrogen (secondary N) is 1. The van der Waals surface area contributed by atoms with E-state index < -0.39 is 15.8 Å². The van der Waals surface area contributed by atoms with Crippen molar-refractivity contribution in [2.45, 2.75) is 11.8 Å². The molecule has 0 aliphatic heterocycles. The van der Waals surface area contributed by atoms with Gasteiger partial charge in [0.05, 0.1) is 16.4 Å². The van der Waals surface area contributed by atoms with Crippen molar-refractivity contribution in [1.82, 2.24) is 9.78 Å². The topological polar surface area (TPSA) is 90.0 Å². The van der Waals surface area contributed by atoms with E-state index in [2.05, 4.69) is 9.82 Å². The van der Waals surface area contributed by atoms with Crippen LogP contribution in [0.25, 0.3) is 0 Å². The van der Waals surface area contributed by atoms with Crippen LogP contribution in [0.1, 0.15) is 5.69 Å². The van der Waals surface area contributed by atoms with Gasteiger partial charge in [-0.2, -0.15) is 5.10 Å². The normalized spacial score (nSPS) is 11.6. The minimum atomic E-state index is -4.00. The van der Waals surface area contributed by atoms with E-state index in [-0.39, 0.29) is 21.4 Å². The van der Waals surface area contributed by atoms with Gasteiger partial charge in [-0.3, -0.25) is 9.40 Å². The number of nitrogen functional groups attached to an aromatic ring is 1. The average Bonchev–Trinajstić information content (AvgIpc) is 2.58. The third-order valence-electron chi connectivity index (χ3n) is 2.75. The smallest absolute Gasteiger partial charge is 0.267 e. The van der Waals surface area contributed by atoms with Gasteiger partial charge < -0.3 is 5.73 Å². The molecule has 0 saturated heterocycles. The number of nitrogens with two attached hydrogens (primary N) is 1. The van der Waals surface area contributed by atoms with Crippen molar-refractivity contribution in [2.75, 3.05) is 10.5 Å². The molecule has 0 radical (unpaired) electrons. The Labute approximate surface area is 120 Å². The van der Waals surface area contributed by atoms with Gasteiger partial charge in [0.2, 0.25) is 0 Å². The fourth-order valence-corrected chi connectivity index (χ4v) is 3.34. The van der Waals surface area contributed by atoms with E-state index in [9.17, 15) is 12.8 Å². The molecular weight excluding hydrogens is 307 g/mol. The number of aromatic nitrogens is 2. The van der Waals surface area contributed by atoms with E-state index in [1.807, 2.05) is 0 Å². The van der Waals surface area contributed by atoms with Crippen molar-refractivity contribution < 1.29 is 12.8 Å². The second-order valence-corrected chi connectivity index (χ2v) is 6.18. The van der Waals surface area contributed by atoms with Gasteiger partial charge in [0.1, 0.15) is 5.82 Å². The van der Waals surface area contributed by atoms with Crippen LogP contribution >= 0.6 is 11.6 Å². The zero-order chi connectivity index (χ0) is 15.1. The van der Waals surface area contributed by atoms with Crippen LogP contribution in [0.15, 0.2) is 23.1 Å². The first-order chi connectivity index (χ1) is 9.22. The first-order valence-corrected chi connectivity index (χ1v) is 7.35. The van der Waals surface area contributed by atoms with E-state index in [1.54, 1.807) is 14.0 Å². The zero-order valence-electron chi connectivity index (χ0n) is 10.7. The summed E-state index contributed by atoms with van der Waals surface area (Å²) in [5, 5.41) is 3.91. The lowest BCUT2D eigenvalue weighted by molar-refractivity contribution is 0.600. The molecule has 20 heavy (non-hydrogen) atoms. The fourth-order valence-electron chi connectivity index (χ4n) is 1.72. The van der Waals surface area contributed by atoms with E-state index in [1.165, 1.54) is 10.7 Å². The SMILES string of the molecule is Cc1c(S(=O)(=O)Nc2cc(F)ccc2Cl)c(N)nn1C. The summed E-state index contributed by atoms with van der Waals surface area (Å²) in [6.07, 6.45) is 0. The third-order valence-corrected chi connectivity index (χ3v) is 4.61. The van der Waals surface area contributed by atoms with Crippen LogP contribution in [0.3, 0.4) is 0 Å². The van der Waals surface area contributed by atoms with Crippen LogP contribution < -0.4 is 10.5 Å². The highest BCUT2D eigenvalue weighted by atomic mass is 35.5. The van der Waals surface area contributed by atoms with Crippen molar-refractivity contribution in [3.63, 3.8) is 0 Å². The molecule has 3 N–H and O–H groups in total. The molecule has 2 rings (SSSR count). The summed E-state index contributed by atoms with van der Waals surface area (Å²) in [5.41, 5.74) is 5.89. The highest BCUT2D eigenvalue weighted by Gasteiger charge is 2.25. The van der Waals surface area contributed by atoms with Crippen LogP contribution in [0.4, 0.5) is 15.9 Å². The van der Waals surface area contributed by atoms with E-state index in [0.717, 1.165) is 12.1 Å². The van der Waals surface area contributed by atoms with Crippen molar-refractivity contribution in [2.24, 2.45) is 7.05 Å². The summed E-state index contributed by atoms with van der Waals surface area (Å²) >= 11 is 5.83. The minimum Gasteiger partial charge on any atom is -0.381 e. The van der Waals surface area contributed by atoms with Gasteiger partial charge >= 0.3 is 0 Å². The summed E-state index contributed by atoms with van der Waals surface area (Å²) in [6.45, 7) is 1.56. The molecule has 0 spiro atoms. The van der Waals surface area contributed by atoms with Gasteiger partial charge in [-0.15, -0.1) is 0 Å².